The van der Waals surface area contributed by atoms with Gasteiger partial charge in [-0.05, 0) is 33.6 Å². The van der Waals surface area contributed by atoms with Gasteiger partial charge in [0, 0.05) is 22.3 Å². The molecular formula is C23H26O3. The van der Waals surface area contributed by atoms with Crippen molar-refractivity contribution >= 4 is 11.8 Å². The summed E-state index contributed by atoms with van der Waals surface area (Å²) in [5.41, 5.74) is 1.32. The molecule has 0 unspecified atom stereocenters. The SMILES string of the molecule is CCCCC1(OC(=O)C(C)(C)C)c2ccccc2C(=O)c2ccccc21. The van der Waals surface area contributed by atoms with Crippen molar-refractivity contribution in [3.63, 3.8) is 0 Å². The molecule has 0 fully saturated rings. The molecule has 3 nitrogen and oxygen atoms in total. The Balaban J connectivity index is 2.27. The van der Waals surface area contributed by atoms with Gasteiger partial charge in [0.2, 0.25) is 0 Å². The fourth-order valence-electron chi connectivity index (χ4n) is 3.52. The van der Waals surface area contributed by atoms with Gasteiger partial charge in [-0.15, -0.1) is 0 Å². The van der Waals surface area contributed by atoms with Crippen molar-refractivity contribution in [1.82, 2.24) is 0 Å². The molecule has 0 heterocycles. The number of esters is 1. The van der Waals surface area contributed by atoms with Gasteiger partial charge in [0.15, 0.2) is 11.4 Å². The second-order valence-corrected chi connectivity index (χ2v) is 7.99. The lowest BCUT2D eigenvalue weighted by Gasteiger charge is -2.41. The number of carbonyl (C=O) groups is 2. The smallest absolute Gasteiger partial charge is 0.312 e. The van der Waals surface area contributed by atoms with Crippen molar-refractivity contribution in [3.8, 4) is 0 Å². The van der Waals surface area contributed by atoms with E-state index in [1.165, 1.54) is 0 Å². The highest BCUT2D eigenvalue weighted by atomic mass is 16.6. The molecular weight excluding hydrogens is 324 g/mol. The van der Waals surface area contributed by atoms with E-state index in [0.29, 0.717) is 17.5 Å². The summed E-state index contributed by atoms with van der Waals surface area (Å²) >= 11 is 0. The highest BCUT2D eigenvalue weighted by molar-refractivity contribution is 6.13. The lowest BCUT2D eigenvalue weighted by atomic mass is 9.71. The number of benzene rings is 2. The van der Waals surface area contributed by atoms with E-state index in [4.69, 9.17) is 4.74 Å². The van der Waals surface area contributed by atoms with Crippen molar-refractivity contribution in [2.24, 2.45) is 5.41 Å². The van der Waals surface area contributed by atoms with E-state index in [1.54, 1.807) is 0 Å². The van der Waals surface area contributed by atoms with Crippen molar-refractivity contribution in [2.75, 3.05) is 0 Å². The maximum Gasteiger partial charge on any atom is 0.312 e. The van der Waals surface area contributed by atoms with E-state index in [0.717, 1.165) is 24.0 Å². The second-order valence-electron chi connectivity index (χ2n) is 7.99. The van der Waals surface area contributed by atoms with Gasteiger partial charge in [-0.2, -0.15) is 0 Å². The molecule has 0 amide bonds. The maximum absolute atomic E-state index is 13.0. The number of ether oxygens (including phenoxy) is 1. The number of rotatable bonds is 4. The number of hydrogen-bond donors (Lipinski definition) is 0. The van der Waals surface area contributed by atoms with E-state index < -0.39 is 11.0 Å². The Hall–Kier alpha value is -2.42. The molecule has 3 rings (SSSR count). The van der Waals surface area contributed by atoms with Gasteiger partial charge < -0.3 is 4.74 Å². The predicted octanol–water partition coefficient (Wildman–Crippen LogP) is 5.25. The minimum atomic E-state index is -0.915. The molecule has 0 bridgehead atoms. The Morgan fingerprint density at radius 2 is 1.46 bits per heavy atom. The summed E-state index contributed by atoms with van der Waals surface area (Å²) in [5, 5.41) is 0. The molecule has 136 valence electrons. The third kappa shape index (κ3) is 2.96. The zero-order chi connectivity index (χ0) is 18.9. The van der Waals surface area contributed by atoms with Gasteiger partial charge in [0.05, 0.1) is 5.41 Å². The first-order chi connectivity index (χ1) is 12.3. The quantitative estimate of drug-likeness (QED) is 0.707. The molecule has 0 atom stereocenters. The Morgan fingerprint density at radius 1 is 0.962 bits per heavy atom. The third-order valence-corrected chi connectivity index (χ3v) is 4.98. The second kappa shape index (κ2) is 6.71. The zero-order valence-corrected chi connectivity index (χ0v) is 16.0. The number of ketones is 1. The van der Waals surface area contributed by atoms with Crippen LogP contribution in [0.15, 0.2) is 48.5 Å². The Bertz CT molecular complexity index is 793. The zero-order valence-electron chi connectivity index (χ0n) is 16.0. The summed E-state index contributed by atoms with van der Waals surface area (Å²) in [5.74, 6) is -0.261. The third-order valence-electron chi connectivity index (χ3n) is 4.98. The van der Waals surface area contributed by atoms with Crippen LogP contribution in [0.1, 0.15) is 74.0 Å². The number of carbonyl (C=O) groups excluding carboxylic acids is 2. The Labute approximate surface area is 155 Å². The summed E-state index contributed by atoms with van der Waals surface area (Å²) in [7, 11) is 0. The summed E-state index contributed by atoms with van der Waals surface area (Å²) in [4.78, 5) is 25.9. The molecule has 2 aromatic rings. The molecule has 0 N–H and O–H groups in total. The Morgan fingerprint density at radius 3 is 1.92 bits per heavy atom. The number of unbranched alkanes of at least 4 members (excludes halogenated alkanes) is 1. The first-order valence-electron chi connectivity index (χ1n) is 9.28. The highest BCUT2D eigenvalue weighted by Crippen LogP contribution is 2.46. The van der Waals surface area contributed by atoms with Crippen LogP contribution in [-0.2, 0) is 15.1 Å². The number of hydrogen-bond acceptors (Lipinski definition) is 3. The van der Waals surface area contributed by atoms with E-state index in [9.17, 15) is 9.59 Å². The molecule has 0 aliphatic heterocycles. The Kier molecular flexibility index (Phi) is 4.74. The lowest BCUT2D eigenvalue weighted by molar-refractivity contribution is -0.167. The van der Waals surface area contributed by atoms with E-state index in [-0.39, 0.29) is 11.8 Å². The summed E-state index contributed by atoms with van der Waals surface area (Å²) in [6, 6.07) is 15.1. The molecule has 0 radical (unpaired) electrons. The molecule has 0 saturated heterocycles. The highest BCUT2D eigenvalue weighted by Gasteiger charge is 2.47. The van der Waals surface area contributed by atoms with Crippen molar-refractivity contribution in [2.45, 2.75) is 52.6 Å². The summed E-state index contributed by atoms with van der Waals surface area (Å²) in [6.07, 6.45) is 2.54. The lowest BCUT2D eigenvalue weighted by Crippen LogP contribution is -2.42. The normalized spacial score (nSPS) is 15.2. The average molecular weight is 350 g/mol. The van der Waals surface area contributed by atoms with Crippen molar-refractivity contribution in [1.29, 1.82) is 0 Å². The van der Waals surface area contributed by atoms with Gasteiger partial charge in [-0.25, -0.2) is 0 Å². The van der Waals surface area contributed by atoms with Crippen LogP contribution in [0.3, 0.4) is 0 Å². The van der Waals surface area contributed by atoms with Crippen LogP contribution in [0.4, 0.5) is 0 Å². The first-order valence-corrected chi connectivity index (χ1v) is 9.28. The fourth-order valence-corrected chi connectivity index (χ4v) is 3.52. The van der Waals surface area contributed by atoms with Crippen LogP contribution in [0, 0.1) is 5.41 Å². The summed E-state index contributed by atoms with van der Waals surface area (Å²) in [6.45, 7) is 7.68. The standard InChI is InChI=1S/C23H26O3/c1-5-6-15-23(26-21(25)22(2,3)4)18-13-9-7-11-16(18)20(24)17-12-8-10-14-19(17)23/h7-14H,5-6,15H2,1-4H3. The molecule has 0 saturated carbocycles. The summed E-state index contributed by atoms with van der Waals surface area (Å²) < 4.78 is 6.26. The van der Waals surface area contributed by atoms with Crippen LogP contribution in [0.2, 0.25) is 0 Å². The fraction of sp³-hybridized carbons (Fsp3) is 0.391. The topological polar surface area (TPSA) is 43.4 Å². The molecule has 1 aliphatic carbocycles. The largest absolute Gasteiger partial charge is 0.449 e. The minimum absolute atomic E-state index is 0.00451. The first kappa shape index (κ1) is 18.4. The molecule has 0 aromatic heterocycles. The van der Waals surface area contributed by atoms with Crippen LogP contribution in [0.25, 0.3) is 0 Å². The van der Waals surface area contributed by atoms with Gasteiger partial charge in [-0.3, -0.25) is 9.59 Å². The van der Waals surface area contributed by atoms with Crippen LogP contribution in [-0.4, -0.2) is 11.8 Å². The van der Waals surface area contributed by atoms with Crippen LogP contribution >= 0.6 is 0 Å². The molecule has 1 aliphatic rings. The van der Waals surface area contributed by atoms with E-state index in [1.807, 2.05) is 69.3 Å². The van der Waals surface area contributed by atoms with E-state index >= 15 is 0 Å². The number of fused-ring (bicyclic) bond motifs is 2. The van der Waals surface area contributed by atoms with E-state index in [2.05, 4.69) is 6.92 Å². The molecule has 26 heavy (non-hydrogen) atoms. The van der Waals surface area contributed by atoms with Crippen LogP contribution in [0.5, 0.6) is 0 Å². The molecule has 2 aromatic carbocycles. The van der Waals surface area contributed by atoms with Gasteiger partial charge in [0.1, 0.15) is 0 Å². The van der Waals surface area contributed by atoms with Crippen LogP contribution < -0.4 is 0 Å². The molecule has 0 spiro atoms. The molecule has 3 heteroatoms. The van der Waals surface area contributed by atoms with Gasteiger partial charge in [0.25, 0.3) is 0 Å². The van der Waals surface area contributed by atoms with Gasteiger partial charge >= 0.3 is 5.97 Å². The maximum atomic E-state index is 13.0. The average Bonchev–Trinajstić information content (AvgIpc) is 2.63. The monoisotopic (exact) mass is 350 g/mol. The van der Waals surface area contributed by atoms with Crippen molar-refractivity contribution in [3.05, 3.63) is 70.8 Å². The minimum Gasteiger partial charge on any atom is -0.449 e. The van der Waals surface area contributed by atoms with Crippen molar-refractivity contribution < 1.29 is 14.3 Å². The predicted molar refractivity (Wildman–Crippen MR) is 102 cm³/mol. The van der Waals surface area contributed by atoms with Gasteiger partial charge in [-0.1, -0.05) is 61.9 Å².